The van der Waals surface area contributed by atoms with Crippen LogP contribution in [0.25, 0.3) is 11.3 Å². The molecule has 0 saturated heterocycles. The van der Waals surface area contributed by atoms with Crippen LogP contribution < -0.4 is 4.80 Å². The van der Waals surface area contributed by atoms with Gasteiger partial charge in [-0.25, -0.2) is 4.68 Å². The lowest BCUT2D eigenvalue weighted by Gasteiger charge is -2.17. The standard InChI is InChI=1S/C21H28N4O2S/c1-3-4-8-16(2)23-24-20(17-11-13-19(14-12-17)25(26)27)15-28-21(24)22-18-9-6-5-7-10-18/h11-15,18H,3-10H2,1-2H3. The van der Waals surface area contributed by atoms with Crippen molar-refractivity contribution in [2.45, 2.75) is 71.3 Å². The molecular formula is C21H28N4O2S. The van der Waals surface area contributed by atoms with Crippen LogP contribution in [0.1, 0.15) is 65.2 Å². The van der Waals surface area contributed by atoms with E-state index in [1.54, 1.807) is 35.6 Å². The van der Waals surface area contributed by atoms with Crippen LogP contribution in [0.3, 0.4) is 0 Å². The Balaban J connectivity index is 2.01. The quantitative estimate of drug-likeness (QED) is 0.336. The third-order valence-electron chi connectivity index (χ3n) is 5.09. The van der Waals surface area contributed by atoms with Crippen molar-refractivity contribution in [1.82, 2.24) is 4.68 Å². The highest BCUT2D eigenvalue weighted by Crippen LogP contribution is 2.24. The van der Waals surface area contributed by atoms with Gasteiger partial charge in [0.15, 0.2) is 0 Å². The zero-order valence-electron chi connectivity index (χ0n) is 16.6. The van der Waals surface area contributed by atoms with Gasteiger partial charge in [0.05, 0.1) is 16.7 Å². The number of aromatic nitrogens is 1. The van der Waals surface area contributed by atoms with E-state index in [0.717, 1.165) is 53.9 Å². The van der Waals surface area contributed by atoms with Gasteiger partial charge in [0.25, 0.3) is 5.69 Å². The van der Waals surface area contributed by atoms with Crippen LogP contribution in [-0.4, -0.2) is 21.4 Å². The van der Waals surface area contributed by atoms with E-state index in [4.69, 9.17) is 10.1 Å². The van der Waals surface area contributed by atoms with Crippen molar-refractivity contribution < 1.29 is 4.92 Å². The molecule has 1 aromatic carbocycles. The molecule has 2 aromatic rings. The van der Waals surface area contributed by atoms with Crippen LogP contribution in [0.2, 0.25) is 0 Å². The minimum absolute atomic E-state index is 0.0975. The molecule has 1 saturated carbocycles. The van der Waals surface area contributed by atoms with Crippen molar-refractivity contribution in [2.75, 3.05) is 0 Å². The summed E-state index contributed by atoms with van der Waals surface area (Å²) < 4.78 is 1.94. The first-order chi connectivity index (χ1) is 13.6. The maximum atomic E-state index is 11.0. The molecule has 0 unspecified atom stereocenters. The Bertz CT molecular complexity index is 890. The third kappa shape index (κ3) is 5.16. The van der Waals surface area contributed by atoms with Crippen molar-refractivity contribution in [2.24, 2.45) is 10.1 Å². The summed E-state index contributed by atoms with van der Waals surface area (Å²) in [4.78, 5) is 16.5. The molecule has 0 aliphatic heterocycles. The molecule has 0 spiro atoms. The molecule has 0 bridgehead atoms. The maximum Gasteiger partial charge on any atom is 0.269 e. The molecule has 1 heterocycles. The molecule has 1 aliphatic rings. The van der Waals surface area contributed by atoms with Gasteiger partial charge in [-0.05, 0) is 44.7 Å². The first-order valence-electron chi connectivity index (χ1n) is 10.1. The van der Waals surface area contributed by atoms with E-state index >= 15 is 0 Å². The lowest BCUT2D eigenvalue weighted by molar-refractivity contribution is -0.384. The zero-order chi connectivity index (χ0) is 19.9. The van der Waals surface area contributed by atoms with Crippen molar-refractivity contribution in [3.63, 3.8) is 0 Å². The number of thiazole rings is 1. The smallest absolute Gasteiger partial charge is 0.258 e. The largest absolute Gasteiger partial charge is 0.269 e. The topological polar surface area (TPSA) is 72.8 Å². The van der Waals surface area contributed by atoms with Crippen LogP contribution in [0.15, 0.2) is 39.7 Å². The molecule has 1 fully saturated rings. The zero-order valence-corrected chi connectivity index (χ0v) is 17.5. The van der Waals surface area contributed by atoms with Crippen LogP contribution in [0.5, 0.6) is 0 Å². The van der Waals surface area contributed by atoms with E-state index in [9.17, 15) is 10.1 Å². The fraction of sp³-hybridized carbons (Fsp3) is 0.524. The monoisotopic (exact) mass is 400 g/mol. The molecule has 1 aliphatic carbocycles. The molecule has 3 rings (SSSR count). The Morgan fingerprint density at radius 2 is 1.96 bits per heavy atom. The predicted molar refractivity (Wildman–Crippen MR) is 115 cm³/mol. The van der Waals surface area contributed by atoms with Gasteiger partial charge in [-0.3, -0.25) is 15.1 Å². The van der Waals surface area contributed by atoms with Crippen molar-refractivity contribution >= 4 is 22.7 Å². The van der Waals surface area contributed by atoms with Crippen LogP contribution in [0.4, 0.5) is 5.69 Å². The fourth-order valence-corrected chi connectivity index (χ4v) is 4.36. The van der Waals surface area contributed by atoms with Gasteiger partial charge in [0.1, 0.15) is 0 Å². The van der Waals surface area contributed by atoms with Crippen molar-refractivity contribution in [1.29, 1.82) is 0 Å². The van der Waals surface area contributed by atoms with Crippen LogP contribution in [0, 0.1) is 10.1 Å². The van der Waals surface area contributed by atoms with Gasteiger partial charge in [0.2, 0.25) is 4.80 Å². The Labute approximate surface area is 169 Å². The molecule has 0 amide bonds. The number of rotatable bonds is 7. The number of nitrogens with zero attached hydrogens (tertiary/aromatic N) is 4. The van der Waals surface area contributed by atoms with Crippen molar-refractivity contribution in [3.05, 3.63) is 44.6 Å². The minimum atomic E-state index is -0.373. The number of unbranched alkanes of at least 4 members (excludes halogenated alkanes) is 1. The van der Waals surface area contributed by atoms with E-state index in [1.807, 2.05) is 4.68 Å². The minimum Gasteiger partial charge on any atom is -0.258 e. The Morgan fingerprint density at radius 1 is 1.25 bits per heavy atom. The number of hydrogen-bond acceptors (Lipinski definition) is 5. The lowest BCUT2D eigenvalue weighted by atomic mass is 9.96. The van der Waals surface area contributed by atoms with Gasteiger partial charge in [0, 0.05) is 28.8 Å². The molecule has 6 nitrogen and oxygen atoms in total. The number of nitro benzene ring substituents is 1. The van der Waals surface area contributed by atoms with Crippen molar-refractivity contribution in [3.8, 4) is 11.3 Å². The van der Waals surface area contributed by atoms with Gasteiger partial charge in [-0.2, -0.15) is 5.10 Å². The van der Waals surface area contributed by atoms with Crippen LogP contribution in [-0.2, 0) is 0 Å². The van der Waals surface area contributed by atoms with Gasteiger partial charge < -0.3 is 0 Å². The van der Waals surface area contributed by atoms with Crippen LogP contribution >= 0.6 is 11.3 Å². The van der Waals surface area contributed by atoms with Gasteiger partial charge in [-0.15, -0.1) is 11.3 Å². The Hall–Kier alpha value is -2.28. The van der Waals surface area contributed by atoms with Gasteiger partial charge >= 0.3 is 0 Å². The highest BCUT2D eigenvalue weighted by Gasteiger charge is 2.15. The average Bonchev–Trinajstić information content (AvgIpc) is 3.09. The number of benzene rings is 1. The van der Waals surface area contributed by atoms with E-state index in [2.05, 4.69) is 19.2 Å². The molecule has 7 heteroatoms. The lowest BCUT2D eigenvalue weighted by Crippen LogP contribution is -2.19. The molecule has 0 atom stereocenters. The van der Waals surface area contributed by atoms with Gasteiger partial charge in [-0.1, -0.05) is 32.6 Å². The molecular weight excluding hydrogens is 372 g/mol. The third-order valence-corrected chi connectivity index (χ3v) is 5.92. The normalized spacial score (nSPS) is 16.5. The Morgan fingerprint density at radius 3 is 2.61 bits per heavy atom. The first kappa shape index (κ1) is 20.5. The summed E-state index contributed by atoms with van der Waals surface area (Å²) in [6, 6.07) is 7.04. The molecule has 150 valence electrons. The molecule has 1 aromatic heterocycles. The summed E-state index contributed by atoms with van der Waals surface area (Å²) in [5, 5.41) is 17.9. The maximum absolute atomic E-state index is 11.0. The second-order valence-electron chi connectivity index (χ2n) is 7.38. The summed E-state index contributed by atoms with van der Waals surface area (Å²) in [5.74, 6) is 0. The molecule has 28 heavy (non-hydrogen) atoms. The molecule has 0 radical (unpaired) electrons. The van der Waals surface area contributed by atoms with E-state index < -0.39 is 0 Å². The number of hydrogen-bond donors (Lipinski definition) is 0. The summed E-state index contributed by atoms with van der Waals surface area (Å²) in [6.45, 7) is 4.24. The number of non-ortho nitro benzene ring substituents is 1. The summed E-state index contributed by atoms with van der Waals surface area (Å²) in [5.41, 5.74) is 3.03. The fourth-order valence-electron chi connectivity index (χ4n) is 3.46. The van der Waals surface area contributed by atoms with E-state index in [1.165, 1.54) is 19.3 Å². The highest BCUT2D eigenvalue weighted by molar-refractivity contribution is 7.07. The predicted octanol–water partition coefficient (Wildman–Crippen LogP) is 5.77. The second-order valence-corrected chi connectivity index (χ2v) is 8.22. The average molecular weight is 401 g/mol. The highest BCUT2D eigenvalue weighted by atomic mass is 32.1. The Kier molecular flexibility index (Phi) is 7.14. The molecule has 0 N–H and O–H groups in total. The second kappa shape index (κ2) is 9.78. The summed E-state index contributed by atoms with van der Waals surface area (Å²) in [6.07, 6.45) is 9.28. The number of nitro groups is 1. The SMILES string of the molecule is CCCCC(C)=Nn1c(-c2ccc([N+](=O)[O-])cc2)csc1=NC1CCCCC1. The van der Waals surface area contributed by atoms with E-state index in [-0.39, 0.29) is 10.6 Å². The summed E-state index contributed by atoms with van der Waals surface area (Å²) in [7, 11) is 0. The van der Waals surface area contributed by atoms with E-state index in [0.29, 0.717) is 6.04 Å². The summed E-state index contributed by atoms with van der Waals surface area (Å²) >= 11 is 1.60. The first-order valence-corrected chi connectivity index (χ1v) is 11.0.